The zero-order chi connectivity index (χ0) is 14.5. The summed E-state index contributed by atoms with van der Waals surface area (Å²) in [5.74, 6) is -1.07. The van der Waals surface area contributed by atoms with Crippen LogP contribution in [-0.4, -0.2) is 59.2 Å². The van der Waals surface area contributed by atoms with E-state index < -0.39 is 5.97 Å². The number of ether oxygens (including phenoxy) is 1. The van der Waals surface area contributed by atoms with Crippen molar-refractivity contribution in [3.05, 3.63) is 11.1 Å². The van der Waals surface area contributed by atoms with E-state index in [0.717, 1.165) is 5.69 Å². The van der Waals surface area contributed by atoms with Crippen LogP contribution >= 0.6 is 11.3 Å². The molecular weight excluding hydrogens is 282 g/mol. The van der Waals surface area contributed by atoms with Gasteiger partial charge >= 0.3 is 5.97 Å². The van der Waals surface area contributed by atoms with Gasteiger partial charge in [-0.1, -0.05) is 0 Å². The van der Waals surface area contributed by atoms with Gasteiger partial charge in [-0.25, -0.2) is 4.98 Å². The summed E-state index contributed by atoms with van der Waals surface area (Å²) in [7, 11) is 0. The van der Waals surface area contributed by atoms with Crippen LogP contribution in [0.2, 0.25) is 0 Å². The summed E-state index contributed by atoms with van der Waals surface area (Å²) in [5, 5.41) is 14.0. The number of aliphatic carboxylic acids is 1. The van der Waals surface area contributed by atoms with E-state index in [1.165, 1.54) is 11.3 Å². The maximum Gasteiger partial charge on any atom is 0.305 e. The second-order valence-corrected chi connectivity index (χ2v) is 5.50. The Balaban J connectivity index is 1.89. The minimum atomic E-state index is -0.888. The highest BCUT2D eigenvalue weighted by atomic mass is 32.1. The van der Waals surface area contributed by atoms with Crippen LogP contribution in [0.15, 0.2) is 5.38 Å². The number of thiazole rings is 1. The van der Waals surface area contributed by atoms with Crippen molar-refractivity contribution in [3.63, 3.8) is 0 Å². The van der Waals surface area contributed by atoms with Gasteiger partial charge in [0.2, 0.25) is 5.91 Å². The van der Waals surface area contributed by atoms with Gasteiger partial charge in [0, 0.05) is 18.0 Å². The van der Waals surface area contributed by atoms with Crippen LogP contribution in [-0.2, 0) is 14.3 Å². The molecule has 0 saturated carbocycles. The second kappa shape index (κ2) is 6.78. The normalized spacial score (nSPS) is 19.8. The highest BCUT2D eigenvalue weighted by Crippen LogP contribution is 2.15. The van der Waals surface area contributed by atoms with Gasteiger partial charge in [0.15, 0.2) is 5.13 Å². The summed E-state index contributed by atoms with van der Waals surface area (Å²) >= 11 is 1.37. The third-order valence-corrected chi connectivity index (χ3v) is 3.85. The fourth-order valence-corrected chi connectivity index (χ4v) is 2.75. The monoisotopic (exact) mass is 299 g/mol. The Hall–Kier alpha value is -1.51. The fourth-order valence-electron chi connectivity index (χ4n) is 2.04. The van der Waals surface area contributed by atoms with Crippen LogP contribution in [0.5, 0.6) is 0 Å². The summed E-state index contributed by atoms with van der Waals surface area (Å²) in [6.07, 6.45) is -0.0242. The predicted molar refractivity (Wildman–Crippen MR) is 73.9 cm³/mol. The van der Waals surface area contributed by atoms with Gasteiger partial charge in [0.1, 0.15) is 0 Å². The van der Waals surface area contributed by atoms with E-state index in [2.05, 4.69) is 10.3 Å². The number of rotatable bonds is 5. The van der Waals surface area contributed by atoms with E-state index in [4.69, 9.17) is 9.84 Å². The SMILES string of the molecule is Cc1csc(NC(=O)CN2CCOCC2CC(=O)O)n1. The minimum Gasteiger partial charge on any atom is -0.481 e. The maximum atomic E-state index is 11.9. The number of morpholine rings is 1. The standard InChI is InChI=1S/C12H17N3O4S/c1-8-7-20-12(13-8)14-10(16)5-15-2-3-19-6-9(15)4-11(17)18/h7,9H,2-6H2,1H3,(H,17,18)(H,13,14,16). The van der Waals surface area contributed by atoms with Gasteiger partial charge in [0.25, 0.3) is 0 Å². The Labute approximate surface area is 120 Å². The van der Waals surface area contributed by atoms with Crippen LogP contribution in [0.3, 0.4) is 0 Å². The lowest BCUT2D eigenvalue weighted by atomic mass is 10.1. The van der Waals surface area contributed by atoms with Crippen molar-refractivity contribution in [3.8, 4) is 0 Å². The molecule has 1 unspecified atom stereocenters. The molecule has 7 nitrogen and oxygen atoms in total. The minimum absolute atomic E-state index is 0.0242. The summed E-state index contributed by atoms with van der Waals surface area (Å²) in [6, 6.07) is -0.259. The molecule has 2 N–H and O–H groups in total. The number of hydrogen-bond donors (Lipinski definition) is 2. The third-order valence-electron chi connectivity index (χ3n) is 2.97. The molecule has 2 rings (SSSR count). The van der Waals surface area contributed by atoms with Gasteiger partial charge in [-0.15, -0.1) is 11.3 Å². The number of aromatic nitrogens is 1. The summed E-state index contributed by atoms with van der Waals surface area (Å²) in [6.45, 7) is 3.43. The molecule has 1 aromatic heterocycles. The lowest BCUT2D eigenvalue weighted by molar-refractivity contribution is -0.141. The molecule has 1 aromatic rings. The number of nitrogens with zero attached hydrogens (tertiary/aromatic N) is 2. The van der Waals surface area contributed by atoms with Crippen LogP contribution in [0.4, 0.5) is 5.13 Å². The van der Waals surface area contributed by atoms with Crippen molar-refractivity contribution >= 4 is 28.3 Å². The average molecular weight is 299 g/mol. The van der Waals surface area contributed by atoms with Crippen LogP contribution < -0.4 is 5.32 Å². The van der Waals surface area contributed by atoms with E-state index in [9.17, 15) is 9.59 Å². The molecule has 0 aliphatic carbocycles. The molecule has 110 valence electrons. The zero-order valence-electron chi connectivity index (χ0n) is 11.2. The number of amides is 1. The largest absolute Gasteiger partial charge is 0.481 e. The first-order chi connectivity index (χ1) is 9.54. The van der Waals surface area contributed by atoms with E-state index >= 15 is 0 Å². The first-order valence-corrected chi connectivity index (χ1v) is 7.18. The smallest absolute Gasteiger partial charge is 0.305 e. The summed E-state index contributed by atoms with van der Waals surface area (Å²) in [5.41, 5.74) is 0.862. The van der Waals surface area contributed by atoms with Gasteiger partial charge in [0.05, 0.1) is 31.9 Å². The van der Waals surface area contributed by atoms with Crippen molar-refractivity contribution < 1.29 is 19.4 Å². The lowest BCUT2D eigenvalue weighted by Crippen LogP contribution is -2.49. The number of carboxylic acid groups (broad SMARTS) is 1. The van der Waals surface area contributed by atoms with Crippen molar-refractivity contribution in [1.82, 2.24) is 9.88 Å². The van der Waals surface area contributed by atoms with E-state index in [1.807, 2.05) is 17.2 Å². The Bertz CT molecular complexity index is 491. The highest BCUT2D eigenvalue weighted by Gasteiger charge is 2.27. The number of aryl methyl sites for hydroxylation is 1. The molecular formula is C12H17N3O4S. The Kier molecular flexibility index (Phi) is 5.05. The molecule has 2 heterocycles. The molecule has 1 aliphatic heterocycles. The molecule has 8 heteroatoms. The van der Waals surface area contributed by atoms with Crippen LogP contribution in [0.1, 0.15) is 12.1 Å². The maximum absolute atomic E-state index is 11.9. The number of carboxylic acids is 1. The summed E-state index contributed by atoms with van der Waals surface area (Å²) < 4.78 is 5.27. The number of carbonyl (C=O) groups is 2. The molecule has 1 amide bonds. The van der Waals surface area contributed by atoms with Crippen LogP contribution in [0, 0.1) is 6.92 Å². The second-order valence-electron chi connectivity index (χ2n) is 4.64. The number of hydrogen-bond acceptors (Lipinski definition) is 6. The Morgan fingerprint density at radius 2 is 2.45 bits per heavy atom. The molecule has 1 fully saturated rings. The van der Waals surface area contributed by atoms with Crippen molar-refractivity contribution in [2.45, 2.75) is 19.4 Å². The molecule has 0 spiro atoms. The fraction of sp³-hybridized carbons (Fsp3) is 0.583. The predicted octanol–water partition coefficient (Wildman–Crippen LogP) is 0.566. The van der Waals surface area contributed by atoms with Crippen molar-refractivity contribution in [2.24, 2.45) is 0 Å². The first-order valence-electron chi connectivity index (χ1n) is 6.30. The van der Waals surface area contributed by atoms with E-state index in [0.29, 0.717) is 24.9 Å². The quantitative estimate of drug-likeness (QED) is 0.825. The number of carbonyl (C=O) groups excluding carboxylic acids is 1. The average Bonchev–Trinajstić information content (AvgIpc) is 2.76. The molecule has 1 aliphatic rings. The molecule has 1 saturated heterocycles. The van der Waals surface area contributed by atoms with Gasteiger partial charge in [-0.3, -0.25) is 14.5 Å². The van der Waals surface area contributed by atoms with Crippen molar-refractivity contribution in [2.75, 3.05) is 31.6 Å². The van der Waals surface area contributed by atoms with Crippen LogP contribution in [0.25, 0.3) is 0 Å². The third kappa shape index (κ3) is 4.26. The van der Waals surface area contributed by atoms with E-state index in [-0.39, 0.29) is 24.9 Å². The zero-order valence-corrected chi connectivity index (χ0v) is 12.0. The molecule has 1 atom stereocenters. The van der Waals surface area contributed by atoms with Gasteiger partial charge in [-0.2, -0.15) is 0 Å². The molecule has 0 bridgehead atoms. The highest BCUT2D eigenvalue weighted by molar-refractivity contribution is 7.13. The van der Waals surface area contributed by atoms with E-state index in [1.54, 1.807) is 0 Å². The molecule has 20 heavy (non-hydrogen) atoms. The van der Waals surface area contributed by atoms with Crippen molar-refractivity contribution in [1.29, 1.82) is 0 Å². The number of nitrogens with one attached hydrogen (secondary N) is 1. The topological polar surface area (TPSA) is 91.8 Å². The summed E-state index contributed by atoms with van der Waals surface area (Å²) in [4.78, 5) is 28.7. The Morgan fingerprint density at radius 3 is 3.10 bits per heavy atom. The Morgan fingerprint density at radius 1 is 1.65 bits per heavy atom. The molecule has 0 aromatic carbocycles. The number of anilines is 1. The lowest BCUT2D eigenvalue weighted by Gasteiger charge is -2.33. The molecule has 0 radical (unpaired) electrons. The van der Waals surface area contributed by atoms with Gasteiger partial charge in [-0.05, 0) is 6.92 Å². The first kappa shape index (κ1) is 14.9. The van der Waals surface area contributed by atoms with Gasteiger partial charge < -0.3 is 15.2 Å².